The van der Waals surface area contributed by atoms with Gasteiger partial charge >= 0.3 is 0 Å². The molecule has 1 heterocycles. The lowest BCUT2D eigenvalue weighted by molar-refractivity contribution is -0.135. The molecule has 1 unspecified atom stereocenters. The summed E-state index contributed by atoms with van der Waals surface area (Å²) in [6, 6.07) is -0.471. The first-order valence-corrected chi connectivity index (χ1v) is 3.48. The average Bonchev–Trinajstić information content (AvgIpc) is 2.04. The Morgan fingerprint density at radius 3 is 3.00 bits per heavy atom. The third kappa shape index (κ3) is 1.48. The van der Waals surface area contributed by atoms with Gasteiger partial charge in [0.2, 0.25) is 12.3 Å². The van der Waals surface area contributed by atoms with Crippen LogP contribution in [-0.2, 0) is 9.59 Å². The minimum atomic E-state index is -0.471. The van der Waals surface area contributed by atoms with Crippen LogP contribution in [0.15, 0.2) is 0 Å². The number of hydrogen-bond donors (Lipinski definition) is 2. The number of amides is 2. The Hall–Kier alpha value is -1.10. The lowest BCUT2D eigenvalue weighted by Gasteiger charge is -2.30. The van der Waals surface area contributed by atoms with Crippen molar-refractivity contribution in [1.29, 1.82) is 0 Å². The van der Waals surface area contributed by atoms with Gasteiger partial charge < -0.3 is 16.0 Å². The van der Waals surface area contributed by atoms with Crippen molar-refractivity contribution >= 4 is 12.3 Å². The zero-order valence-corrected chi connectivity index (χ0v) is 6.12. The molecule has 1 rings (SSSR count). The molecule has 5 heteroatoms. The van der Waals surface area contributed by atoms with Crippen molar-refractivity contribution in [3.05, 3.63) is 0 Å². The van der Waals surface area contributed by atoms with E-state index in [9.17, 15) is 9.59 Å². The lowest BCUT2D eigenvalue weighted by atomic mass is 10.2. The Bertz CT molecular complexity index is 171. The third-order valence-electron chi connectivity index (χ3n) is 1.73. The first-order chi connectivity index (χ1) is 5.29. The third-order valence-corrected chi connectivity index (χ3v) is 1.73. The number of piperazine rings is 1. The van der Waals surface area contributed by atoms with E-state index in [0.717, 1.165) is 0 Å². The van der Waals surface area contributed by atoms with E-state index in [2.05, 4.69) is 5.32 Å². The van der Waals surface area contributed by atoms with Crippen LogP contribution in [-0.4, -0.2) is 42.9 Å². The zero-order chi connectivity index (χ0) is 8.27. The van der Waals surface area contributed by atoms with Crippen molar-refractivity contribution in [3.8, 4) is 0 Å². The first-order valence-electron chi connectivity index (χ1n) is 3.48. The molecule has 62 valence electrons. The molecule has 1 aliphatic heterocycles. The zero-order valence-electron chi connectivity index (χ0n) is 6.12. The lowest BCUT2D eigenvalue weighted by Crippen LogP contribution is -2.57. The summed E-state index contributed by atoms with van der Waals surface area (Å²) in [5.74, 6) is -0.161. The summed E-state index contributed by atoms with van der Waals surface area (Å²) in [5, 5.41) is 2.63. The fourth-order valence-corrected chi connectivity index (χ4v) is 1.10. The van der Waals surface area contributed by atoms with Crippen molar-refractivity contribution in [2.75, 3.05) is 19.6 Å². The van der Waals surface area contributed by atoms with Gasteiger partial charge in [-0.2, -0.15) is 0 Å². The van der Waals surface area contributed by atoms with Gasteiger partial charge in [0.1, 0.15) is 6.04 Å². The highest BCUT2D eigenvalue weighted by atomic mass is 16.2. The second-order valence-electron chi connectivity index (χ2n) is 2.39. The first kappa shape index (κ1) is 8.00. The van der Waals surface area contributed by atoms with Crippen molar-refractivity contribution in [1.82, 2.24) is 10.2 Å². The van der Waals surface area contributed by atoms with Crippen LogP contribution in [0, 0.1) is 0 Å². The van der Waals surface area contributed by atoms with Crippen LogP contribution < -0.4 is 11.1 Å². The van der Waals surface area contributed by atoms with Crippen molar-refractivity contribution in [2.24, 2.45) is 5.73 Å². The van der Waals surface area contributed by atoms with Gasteiger partial charge in [-0.15, -0.1) is 0 Å². The topological polar surface area (TPSA) is 75.4 Å². The molecule has 1 atom stereocenters. The number of nitrogens with zero attached hydrogens (tertiary/aromatic N) is 1. The molecule has 0 saturated carbocycles. The standard InChI is InChI=1S/C6H11N3O2/c7-3-5-6(11)8-1-2-9(5)4-10/h4-5H,1-3,7H2,(H,8,11). The van der Waals surface area contributed by atoms with Gasteiger partial charge in [0, 0.05) is 19.6 Å². The second-order valence-corrected chi connectivity index (χ2v) is 2.39. The van der Waals surface area contributed by atoms with Crippen LogP contribution in [0.25, 0.3) is 0 Å². The van der Waals surface area contributed by atoms with Crippen molar-refractivity contribution in [2.45, 2.75) is 6.04 Å². The molecule has 0 aliphatic carbocycles. The van der Waals surface area contributed by atoms with Crippen LogP contribution in [0.4, 0.5) is 0 Å². The molecule has 5 nitrogen and oxygen atoms in total. The molecular formula is C6H11N3O2. The molecule has 1 saturated heterocycles. The Kier molecular flexibility index (Phi) is 2.43. The number of hydrogen-bond acceptors (Lipinski definition) is 3. The molecule has 2 amide bonds. The summed E-state index contributed by atoms with van der Waals surface area (Å²) < 4.78 is 0. The predicted molar refractivity (Wildman–Crippen MR) is 38.6 cm³/mol. The maximum absolute atomic E-state index is 11.0. The van der Waals surface area contributed by atoms with Crippen LogP contribution in [0.5, 0.6) is 0 Å². The Labute approximate surface area is 64.5 Å². The van der Waals surface area contributed by atoms with Gasteiger partial charge in [-0.1, -0.05) is 0 Å². The van der Waals surface area contributed by atoms with Gasteiger partial charge in [0.15, 0.2) is 0 Å². The molecule has 0 aromatic rings. The molecule has 1 fully saturated rings. The fourth-order valence-electron chi connectivity index (χ4n) is 1.10. The maximum Gasteiger partial charge on any atom is 0.244 e. The van der Waals surface area contributed by atoms with E-state index in [4.69, 9.17) is 5.73 Å². The average molecular weight is 157 g/mol. The highest BCUT2D eigenvalue weighted by Crippen LogP contribution is 1.98. The van der Waals surface area contributed by atoms with E-state index in [1.54, 1.807) is 0 Å². The van der Waals surface area contributed by atoms with Gasteiger partial charge in [-0.3, -0.25) is 9.59 Å². The number of rotatable bonds is 2. The SMILES string of the molecule is NCC1C(=O)NCCN1C=O. The maximum atomic E-state index is 11.0. The molecular weight excluding hydrogens is 146 g/mol. The number of carbonyl (C=O) groups is 2. The van der Waals surface area contributed by atoms with Crippen LogP contribution >= 0.6 is 0 Å². The Morgan fingerprint density at radius 2 is 2.55 bits per heavy atom. The normalized spacial score (nSPS) is 24.6. The summed E-state index contributed by atoms with van der Waals surface area (Å²) in [6.07, 6.45) is 0.663. The van der Waals surface area contributed by atoms with Crippen LogP contribution in [0.1, 0.15) is 0 Å². The minimum Gasteiger partial charge on any atom is -0.352 e. The summed E-state index contributed by atoms with van der Waals surface area (Å²) in [7, 11) is 0. The Morgan fingerprint density at radius 1 is 1.82 bits per heavy atom. The summed E-state index contributed by atoms with van der Waals surface area (Å²) >= 11 is 0. The number of carbonyl (C=O) groups excluding carboxylic acids is 2. The molecule has 0 aromatic heterocycles. The molecule has 0 bridgehead atoms. The monoisotopic (exact) mass is 157 g/mol. The van der Waals surface area contributed by atoms with E-state index in [-0.39, 0.29) is 12.5 Å². The quantitative estimate of drug-likeness (QED) is 0.451. The molecule has 0 radical (unpaired) electrons. The van der Waals surface area contributed by atoms with E-state index in [1.807, 2.05) is 0 Å². The van der Waals surface area contributed by atoms with Gasteiger partial charge in [-0.25, -0.2) is 0 Å². The predicted octanol–water partition coefficient (Wildman–Crippen LogP) is -2.10. The molecule has 0 spiro atoms. The molecule has 0 aromatic carbocycles. The van der Waals surface area contributed by atoms with Crippen LogP contribution in [0.3, 0.4) is 0 Å². The van der Waals surface area contributed by atoms with Gasteiger partial charge in [-0.05, 0) is 0 Å². The molecule has 1 aliphatic rings. The summed E-state index contributed by atoms with van der Waals surface area (Å²) in [6.45, 7) is 1.26. The van der Waals surface area contributed by atoms with E-state index in [0.29, 0.717) is 19.5 Å². The largest absolute Gasteiger partial charge is 0.352 e. The van der Waals surface area contributed by atoms with E-state index < -0.39 is 6.04 Å². The van der Waals surface area contributed by atoms with Crippen molar-refractivity contribution in [3.63, 3.8) is 0 Å². The van der Waals surface area contributed by atoms with E-state index >= 15 is 0 Å². The summed E-state index contributed by atoms with van der Waals surface area (Å²) in [4.78, 5) is 22.8. The number of nitrogens with one attached hydrogen (secondary N) is 1. The second kappa shape index (κ2) is 3.34. The highest BCUT2D eigenvalue weighted by Gasteiger charge is 2.26. The fraction of sp³-hybridized carbons (Fsp3) is 0.667. The smallest absolute Gasteiger partial charge is 0.244 e. The highest BCUT2D eigenvalue weighted by molar-refractivity contribution is 5.84. The van der Waals surface area contributed by atoms with Gasteiger partial charge in [0.05, 0.1) is 0 Å². The summed E-state index contributed by atoms with van der Waals surface area (Å²) in [5.41, 5.74) is 5.30. The van der Waals surface area contributed by atoms with Crippen molar-refractivity contribution < 1.29 is 9.59 Å². The van der Waals surface area contributed by atoms with Gasteiger partial charge in [0.25, 0.3) is 0 Å². The minimum absolute atomic E-state index is 0.161. The molecule has 11 heavy (non-hydrogen) atoms. The molecule has 3 N–H and O–H groups in total. The van der Waals surface area contributed by atoms with Crippen LogP contribution in [0.2, 0.25) is 0 Å². The Balaban J connectivity index is 2.63. The van der Waals surface area contributed by atoms with E-state index in [1.165, 1.54) is 4.90 Å². The number of nitrogens with two attached hydrogens (primary N) is 1.